The Morgan fingerprint density at radius 1 is 1.18 bits per heavy atom. The molecule has 2 heterocycles. The third kappa shape index (κ3) is 4.42. The van der Waals surface area contributed by atoms with Gasteiger partial charge in [0.2, 0.25) is 5.91 Å². The molecule has 1 aromatic carbocycles. The zero-order valence-corrected chi connectivity index (χ0v) is 17.0. The standard InChI is InChI=1S/C21H25N3O3S/c1-3-21(2)19(26)24(20(27)22-21)15-18(25)23(14-17-10-7-13-28-17)12-11-16-8-5-4-6-9-16/h4-10,13H,3,11-12,14-15H2,1-2H3,(H,22,27)/t21-/m1/s1. The molecule has 0 bridgehead atoms. The predicted molar refractivity (Wildman–Crippen MR) is 109 cm³/mol. The van der Waals surface area contributed by atoms with Gasteiger partial charge in [-0.25, -0.2) is 4.79 Å². The quantitative estimate of drug-likeness (QED) is 0.694. The number of thiophene rings is 1. The summed E-state index contributed by atoms with van der Waals surface area (Å²) in [4.78, 5) is 41.7. The molecule has 1 fully saturated rings. The molecule has 1 N–H and O–H groups in total. The first-order valence-electron chi connectivity index (χ1n) is 9.41. The number of amides is 4. The van der Waals surface area contributed by atoms with E-state index < -0.39 is 11.6 Å². The van der Waals surface area contributed by atoms with Gasteiger partial charge in [0.25, 0.3) is 5.91 Å². The first kappa shape index (κ1) is 20.1. The second-order valence-electron chi connectivity index (χ2n) is 7.14. The number of nitrogens with zero attached hydrogens (tertiary/aromatic N) is 2. The summed E-state index contributed by atoms with van der Waals surface area (Å²) in [6.07, 6.45) is 1.19. The lowest BCUT2D eigenvalue weighted by Crippen LogP contribution is -2.45. The van der Waals surface area contributed by atoms with Gasteiger partial charge < -0.3 is 10.2 Å². The van der Waals surface area contributed by atoms with Gasteiger partial charge >= 0.3 is 6.03 Å². The first-order valence-corrected chi connectivity index (χ1v) is 10.3. The fourth-order valence-electron chi connectivity index (χ4n) is 3.16. The molecule has 0 unspecified atom stereocenters. The van der Waals surface area contributed by atoms with Crippen LogP contribution in [0.25, 0.3) is 0 Å². The summed E-state index contributed by atoms with van der Waals surface area (Å²) < 4.78 is 0. The van der Waals surface area contributed by atoms with Crippen LogP contribution in [0.5, 0.6) is 0 Å². The zero-order valence-electron chi connectivity index (χ0n) is 16.2. The summed E-state index contributed by atoms with van der Waals surface area (Å²) in [7, 11) is 0. The number of benzene rings is 1. The summed E-state index contributed by atoms with van der Waals surface area (Å²) >= 11 is 1.58. The van der Waals surface area contributed by atoms with Crippen molar-refractivity contribution in [2.75, 3.05) is 13.1 Å². The van der Waals surface area contributed by atoms with Crippen LogP contribution >= 0.6 is 11.3 Å². The van der Waals surface area contributed by atoms with E-state index in [1.54, 1.807) is 23.2 Å². The van der Waals surface area contributed by atoms with E-state index in [9.17, 15) is 14.4 Å². The highest BCUT2D eigenvalue weighted by atomic mass is 32.1. The van der Waals surface area contributed by atoms with Crippen LogP contribution in [0.4, 0.5) is 4.79 Å². The van der Waals surface area contributed by atoms with Crippen LogP contribution in [0.3, 0.4) is 0 Å². The molecule has 6 nitrogen and oxygen atoms in total. The summed E-state index contributed by atoms with van der Waals surface area (Å²) in [6.45, 7) is 4.29. The van der Waals surface area contributed by atoms with E-state index in [2.05, 4.69) is 5.32 Å². The minimum atomic E-state index is -0.931. The Kier molecular flexibility index (Phi) is 6.14. The van der Waals surface area contributed by atoms with E-state index in [4.69, 9.17) is 0 Å². The fourth-order valence-corrected chi connectivity index (χ4v) is 3.88. The molecular formula is C21H25N3O3S. The molecule has 0 spiro atoms. The second-order valence-corrected chi connectivity index (χ2v) is 8.17. The largest absolute Gasteiger partial charge is 0.336 e. The summed E-state index contributed by atoms with van der Waals surface area (Å²) in [5, 5.41) is 4.67. The second kappa shape index (κ2) is 8.56. The fraction of sp³-hybridized carbons (Fsp3) is 0.381. The van der Waals surface area contributed by atoms with E-state index in [1.165, 1.54) is 0 Å². The Labute approximate surface area is 169 Å². The molecule has 1 aromatic heterocycles. The van der Waals surface area contributed by atoms with Crippen molar-refractivity contribution in [3.05, 3.63) is 58.3 Å². The van der Waals surface area contributed by atoms with E-state index in [0.29, 0.717) is 25.9 Å². The van der Waals surface area contributed by atoms with Gasteiger partial charge in [-0.15, -0.1) is 11.3 Å². The van der Waals surface area contributed by atoms with Crippen LogP contribution in [0, 0.1) is 0 Å². The van der Waals surface area contributed by atoms with Crippen molar-refractivity contribution in [1.29, 1.82) is 0 Å². The minimum Gasteiger partial charge on any atom is -0.336 e. The highest BCUT2D eigenvalue weighted by Crippen LogP contribution is 2.21. The molecule has 0 saturated carbocycles. The summed E-state index contributed by atoms with van der Waals surface area (Å²) in [5.74, 6) is -0.569. The maximum absolute atomic E-state index is 13.0. The van der Waals surface area contributed by atoms with Crippen molar-refractivity contribution in [2.45, 2.75) is 38.8 Å². The molecule has 0 aliphatic carbocycles. The van der Waals surface area contributed by atoms with Gasteiger partial charge in [0.15, 0.2) is 0 Å². The molecule has 28 heavy (non-hydrogen) atoms. The van der Waals surface area contributed by atoms with Gasteiger partial charge in [-0.3, -0.25) is 14.5 Å². The Hall–Kier alpha value is -2.67. The van der Waals surface area contributed by atoms with Gasteiger partial charge in [0, 0.05) is 11.4 Å². The van der Waals surface area contributed by atoms with Crippen LogP contribution in [-0.4, -0.2) is 46.3 Å². The monoisotopic (exact) mass is 399 g/mol. The van der Waals surface area contributed by atoms with Crippen LogP contribution in [0.2, 0.25) is 0 Å². The van der Waals surface area contributed by atoms with E-state index in [-0.39, 0.29) is 18.4 Å². The Morgan fingerprint density at radius 2 is 1.93 bits per heavy atom. The van der Waals surface area contributed by atoms with Crippen molar-refractivity contribution in [3.8, 4) is 0 Å². The molecule has 1 atom stereocenters. The van der Waals surface area contributed by atoms with Gasteiger partial charge in [0.1, 0.15) is 12.1 Å². The number of carbonyl (C=O) groups excluding carboxylic acids is 3. The number of hydrogen-bond acceptors (Lipinski definition) is 4. The highest BCUT2D eigenvalue weighted by Gasteiger charge is 2.47. The summed E-state index contributed by atoms with van der Waals surface area (Å²) in [5.41, 5.74) is 0.208. The Bertz CT molecular complexity index is 838. The lowest BCUT2D eigenvalue weighted by atomic mass is 9.99. The van der Waals surface area contributed by atoms with Crippen LogP contribution in [0.15, 0.2) is 47.8 Å². The number of imide groups is 1. The maximum atomic E-state index is 13.0. The number of nitrogens with one attached hydrogen (secondary N) is 1. The molecule has 148 valence electrons. The lowest BCUT2D eigenvalue weighted by Gasteiger charge is -2.25. The zero-order chi connectivity index (χ0) is 20.1. The highest BCUT2D eigenvalue weighted by molar-refractivity contribution is 7.09. The number of rotatable bonds is 8. The SMILES string of the molecule is CC[C@@]1(C)NC(=O)N(CC(=O)N(CCc2ccccc2)Cc2cccs2)C1=O. The van der Waals surface area contributed by atoms with Gasteiger partial charge in [-0.2, -0.15) is 0 Å². The first-order chi connectivity index (χ1) is 13.4. The molecular weight excluding hydrogens is 374 g/mol. The predicted octanol–water partition coefficient (Wildman–Crippen LogP) is 3.04. The molecule has 0 radical (unpaired) electrons. The van der Waals surface area contributed by atoms with Crippen LogP contribution < -0.4 is 5.32 Å². The third-order valence-electron chi connectivity index (χ3n) is 5.14. The number of carbonyl (C=O) groups is 3. The molecule has 1 aliphatic heterocycles. The Balaban J connectivity index is 1.70. The van der Waals surface area contributed by atoms with E-state index in [1.807, 2.05) is 54.8 Å². The lowest BCUT2D eigenvalue weighted by molar-refractivity contribution is -0.139. The number of urea groups is 1. The average Bonchev–Trinajstić information content (AvgIpc) is 3.28. The molecule has 2 aromatic rings. The van der Waals surface area contributed by atoms with Crippen LogP contribution in [-0.2, 0) is 22.6 Å². The minimum absolute atomic E-state index is 0.229. The van der Waals surface area contributed by atoms with Crippen molar-refractivity contribution in [1.82, 2.24) is 15.1 Å². The topological polar surface area (TPSA) is 69.7 Å². The average molecular weight is 400 g/mol. The molecule has 1 saturated heterocycles. The van der Waals surface area contributed by atoms with Gasteiger partial charge in [-0.1, -0.05) is 43.3 Å². The van der Waals surface area contributed by atoms with Gasteiger partial charge in [-0.05, 0) is 36.8 Å². The maximum Gasteiger partial charge on any atom is 0.325 e. The molecule has 1 aliphatic rings. The number of hydrogen-bond donors (Lipinski definition) is 1. The molecule has 3 rings (SSSR count). The van der Waals surface area contributed by atoms with Crippen molar-refractivity contribution in [2.24, 2.45) is 0 Å². The smallest absolute Gasteiger partial charge is 0.325 e. The normalized spacial score (nSPS) is 19.0. The van der Waals surface area contributed by atoms with Crippen molar-refractivity contribution in [3.63, 3.8) is 0 Å². The van der Waals surface area contributed by atoms with Crippen LogP contribution in [0.1, 0.15) is 30.7 Å². The molecule has 7 heteroatoms. The van der Waals surface area contributed by atoms with E-state index in [0.717, 1.165) is 15.3 Å². The van der Waals surface area contributed by atoms with Gasteiger partial charge in [0.05, 0.1) is 6.54 Å². The third-order valence-corrected chi connectivity index (χ3v) is 6.00. The summed E-state index contributed by atoms with van der Waals surface area (Å²) in [6, 6.07) is 13.4. The molecule has 4 amide bonds. The van der Waals surface area contributed by atoms with Crippen molar-refractivity contribution >= 4 is 29.2 Å². The Morgan fingerprint density at radius 3 is 2.54 bits per heavy atom. The van der Waals surface area contributed by atoms with Crippen molar-refractivity contribution < 1.29 is 14.4 Å². The van der Waals surface area contributed by atoms with E-state index >= 15 is 0 Å².